The van der Waals surface area contributed by atoms with Crippen molar-refractivity contribution in [2.75, 3.05) is 17.7 Å². The van der Waals surface area contributed by atoms with Crippen molar-refractivity contribution in [1.82, 2.24) is 0 Å². The second kappa shape index (κ2) is 9.82. The van der Waals surface area contributed by atoms with Crippen LogP contribution in [0.2, 0.25) is 0 Å². The van der Waals surface area contributed by atoms with Gasteiger partial charge in [-0.2, -0.15) is 0 Å². The van der Waals surface area contributed by atoms with Gasteiger partial charge in [0.15, 0.2) is 0 Å². The molecule has 0 heterocycles. The van der Waals surface area contributed by atoms with Crippen molar-refractivity contribution < 1.29 is 14.6 Å². The van der Waals surface area contributed by atoms with Gasteiger partial charge < -0.3 is 20.5 Å². The summed E-state index contributed by atoms with van der Waals surface area (Å²) >= 11 is 0. The van der Waals surface area contributed by atoms with E-state index in [4.69, 9.17) is 4.74 Å². The number of fused-ring (bicyclic) bond motifs is 1. The van der Waals surface area contributed by atoms with Gasteiger partial charge in [0, 0.05) is 28.9 Å². The minimum absolute atomic E-state index is 0.0507. The van der Waals surface area contributed by atoms with Gasteiger partial charge in [0.2, 0.25) is 5.91 Å². The summed E-state index contributed by atoms with van der Waals surface area (Å²) in [5.74, 6) is 0.264. The highest BCUT2D eigenvalue weighted by molar-refractivity contribution is 6.02. The van der Waals surface area contributed by atoms with Crippen molar-refractivity contribution in [2.45, 2.75) is 12.5 Å². The molecule has 4 aromatic rings. The van der Waals surface area contributed by atoms with Crippen LogP contribution in [0.3, 0.4) is 0 Å². The number of nitrogens with one attached hydrogen (secondary N) is 2. The van der Waals surface area contributed by atoms with E-state index in [-0.39, 0.29) is 23.0 Å². The summed E-state index contributed by atoms with van der Waals surface area (Å²) in [6, 6.07) is 24.3. The highest BCUT2D eigenvalue weighted by Gasteiger charge is 2.22. The lowest BCUT2D eigenvalue weighted by atomic mass is 10.0. The number of aromatic hydroxyl groups is 1. The second-order valence-corrected chi connectivity index (χ2v) is 7.54. The topological polar surface area (TPSA) is 100 Å². The Morgan fingerprint density at radius 1 is 0.970 bits per heavy atom. The van der Waals surface area contributed by atoms with E-state index in [1.165, 1.54) is 6.07 Å². The van der Waals surface area contributed by atoms with E-state index in [0.717, 1.165) is 5.56 Å². The highest BCUT2D eigenvalue weighted by atomic mass is 16.5. The third-order valence-electron chi connectivity index (χ3n) is 5.36. The summed E-state index contributed by atoms with van der Waals surface area (Å²) in [4.78, 5) is 24.7. The van der Waals surface area contributed by atoms with E-state index in [1.807, 2.05) is 30.3 Å². The zero-order valence-corrected chi connectivity index (χ0v) is 18.0. The van der Waals surface area contributed by atoms with E-state index in [0.29, 0.717) is 28.6 Å². The molecular formula is C26H23N3O4. The number of phenolic OH excluding ortho intramolecular Hbond substituents is 1. The van der Waals surface area contributed by atoms with Gasteiger partial charge in [-0.25, -0.2) is 0 Å². The number of nitroso groups, excluding NO2 is 1. The number of amides is 1. The molecule has 0 aromatic heterocycles. The summed E-state index contributed by atoms with van der Waals surface area (Å²) in [5, 5.41) is 21.0. The molecule has 0 radical (unpaired) electrons. The van der Waals surface area contributed by atoms with Gasteiger partial charge in [-0.3, -0.25) is 4.79 Å². The standard InChI is InChI=1S/C26H23N3O4/c1-33-19-11-7-10-18(15-19)27-26(31)24(14-17-8-3-2-4-9-17)28-23-16-22(29-32)20-12-5-6-13-21(20)25(23)30/h2-13,15-16,24,28,30H,14H2,1H3,(H,27,31). The molecule has 3 N–H and O–H groups in total. The lowest BCUT2D eigenvalue weighted by Crippen LogP contribution is -2.36. The number of carbonyl (C=O) groups excluding carboxylic acids is 1. The number of carbonyl (C=O) groups is 1. The normalized spacial score (nSPS) is 11.5. The van der Waals surface area contributed by atoms with Gasteiger partial charge in [-0.05, 0) is 28.9 Å². The van der Waals surface area contributed by atoms with Gasteiger partial charge >= 0.3 is 0 Å². The Kier molecular flexibility index (Phi) is 6.50. The van der Waals surface area contributed by atoms with Crippen LogP contribution in [0.15, 0.2) is 90.1 Å². The number of hydrogen-bond donors (Lipinski definition) is 3. The van der Waals surface area contributed by atoms with Crippen molar-refractivity contribution in [3.05, 3.63) is 95.4 Å². The average Bonchev–Trinajstić information content (AvgIpc) is 2.86. The van der Waals surface area contributed by atoms with Crippen LogP contribution < -0.4 is 15.4 Å². The molecule has 0 aliphatic heterocycles. The minimum Gasteiger partial charge on any atom is -0.505 e. The van der Waals surface area contributed by atoms with Gasteiger partial charge in [0.25, 0.3) is 0 Å². The highest BCUT2D eigenvalue weighted by Crippen LogP contribution is 2.39. The summed E-state index contributed by atoms with van der Waals surface area (Å²) in [7, 11) is 1.56. The van der Waals surface area contributed by atoms with E-state index in [1.54, 1.807) is 55.6 Å². The fraction of sp³-hybridized carbons (Fsp3) is 0.115. The molecule has 4 rings (SSSR count). The van der Waals surface area contributed by atoms with E-state index < -0.39 is 6.04 Å². The molecule has 166 valence electrons. The maximum Gasteiger partial charge on any atom is 0.247 e. The molecule has 0 saturated carbocycles. The smallest absolute Gasteiger partial charge is 0.247 e. The van der Waals surface area contributed by atoms with Crippen LogP contribution in [0.5, 0.6) is 11.5 Å². The molecule has 0 saturated heterocycles. The fourth-order valence-corrected chi connectivity index (χ4v) is 3.70. The van der Waals surface area contributed by atoms with Crippen LogP contribution in [-0.4, -0.2) is 24.2 Å². The number of nitrogens with zero attached hydrogens (tertiary/aromatic N) is 1. The van der Waals surface area contributed by atoms with Crippen LogP contribution in [0.4, 0.5) is 17.1 Å². The Morgan fingerprint density at radius 3 is 2.42 bits per heavy atom. The summed E-state index contributed by atoms with van der Waals surface area (Å²) in [6.07, 6.45) is 0.354. The van der Waals surface area contributed by atoms with Gasteiger partial charge in [-0.15, -0.1) is 4.91 Å². The molecule has 1 atom stereocenters. The lowest BCUT2D eigenvalue weighted by molar-refractivity contribution is -0.116. The Balaban J connectivity index is 1.68. The molecule has 1 amide bonds. The van der Waals surface area contributed by atoms with Crippen LogP contribution in [0.1, 0.15) is 5.56 Å². The summed E-state index contributed by atoms with van der Waals surface area (Å²) in [6.45, 7) is 0. The molecule has 7 nitrogen and oxygen atoms in total. The monoisotopic (exact) mass is 441 g/mol. The number of benzene rings is 4. The van der Waals surface area contributed by atoms with Crippen molar-refractivity contribution in [3.8, 4) is 11.5 Å². The molecule has 1 unspecified atom stereocenters. The molecule has 0 spiro atoms. The third-order valence-corrected chi connectivity index (χ3v) is 5.36. The number of rotatable bonds is 8. The van der Waals surface area contributed by atoms with E-state index in [2.05, 4.69) is 15.8 Å². The fourth-order valence-electron chi connectivity index (χ4n) is 3.70. The first-order chi connectivity index (χ1) is 16.1. The van der Waals surface area contributed by atoms with Crippen molar-refractivity contribution >= 4 is 33.7 Å². The van der Waals surface area contributed by atoms with Crippen molar-refractivity contribution in [3.63, 3.8) is 0 Å². The van der Waals surface area contributed by atoms with Crippen molar-refractivity contribution in [2.24, 2.45) is 5.18 Å². The first-order valence-electron chi connectivity index (χ1n) is 10.4. The van der Waals surface area contributed by atoms with Gasteiger partial charge in [0.1, 0.15) is 23.2 Å². The number of hydrogen-bond acceptors (Lipinski definition) is 6. The van der Waals surface area contributed by atoms with Gasteiger partial charge in [0.05, 0.1) is 12.8 Å². The zero-order valence-electron chi connectivity index (χ0n) is 18.0. The van der Waals surface area contributed by atoms with Gasteiger partial charge in [-0.1, -0.05) is 60.7 Å². The first-order valence-corrected chi connectivity index (χ1v) is 10.4. The zero-order chi connectivity index (χ0) is 23.2. The number of anilines is 2. The maximum atomic E-state index is 13.3. The third kappa shape index (κ3) is 4.93. The molecule has 4 aromatic carbocycles. The van der Waals surface area contributed by atoms with Crippen molar-refractivity contribution in [1.29, 1.82) is 0 Å². The van der Waals surface area contributed by atoms with E-state index in [9.17, 15) is 14.8 Å². The van der Waals surface area contributed by atoms with Crippen LogP contribution in [0, 0.1) is 4.91 Å². The van der Waals surface area contributed by atoms with Crippen LogP contribution in [-0.2, 0) is 11.2 Å². The Morgan fingerprint density at radius 2 is 1.70 bits per heavy atom. The van der Waals surface area contributed by atoms with E-state index >= 15 is 0 Å². The Hall–Kier alpha value is -4.39. The summed E-state index contributed by atoms with van der Waals surface area (Å²) < 4.78 is 5.23. The van der Waals surface area contributed by atoms with Crippen LogP contribution in [0.25, 0.3) is 10.8 Å². The predicted octanol–water partition coefficient (Wildman–Crippen LogP) is 5.61. The molecule has 0 bridgehead atoms. The molecular weight excluding hydrogens is 418 g/mol. The second-order valence-electron chi connectivity index (χ2n) is 7.54. The Labute approximate surface area is 191 Å². The molecule has 0 aliphatic carbocycles. The largest absolute Gasteiger partial charge is 0.505 e. The van der Waals surface area contributed by atoms with Crippen LogP contribution >= 0.6 is 0 Å². The molecule has 0 fully saturated rings. The first kappa shape index (κ1) is 21.8. The average molecular weight is 441 g/mol. The number of methoxy groups -OCH3 is 1. The molecule has 0 aliphatic rings. The molecule has 33 heavy (non-hydrogen) atoms. The maximum absolute atomic E-state index is 13.3. The SMILES string of the molecule is COc1cccc(NC(=O)C(Cc2ccccc2)Nc2cc(N=O)c3ccccc3c2O)c1. The lowest BCUT2D eigenvalue weighted by Gasteiger charge is -2.21. The summed E-state index contributed by atoms with van der Waals surface area (Å²) in [5.41, 5.74) is 1.95. The quantitative estimate of drug-likeness (QED) is 0.244. The number of ether oxygens (including phenoxy) is 1. The minimum atomic E-state index is -0.745. The predicted molar refractivity (Wildman–Crippen MR) is 130 cm³/mol. The number of phenols is 1. The molecule has 7 heteroatoms. The Bertz CT molecular complexity index is 1290.